The van der Waals surface area contributed by atoms with Gasteiger partial charge in [-0.25, -0.2) is 4.98 Å². The summed E-state index contributed by atoms with van der Waals surface area (Å²) in [6, 6.07) is 18.6. The Labute approximate surface area is 122 Å². The van der Waals surface area contributed by atoms with Crippen LogP contribution in [0, 0.1) is 6.92 Å². The normalized spacial score (nSPS) is 11.3. The molecule has 0 fully saturated rings. The summed E-state index contributed by atoms with van der Waals surface area (Å²) >= 11 is 0. The van der Waals surface area contributed by atoms with E-state index >= 15 is 0 Å². The van der Waals surface area contributed by atoms with Gasteiger partial charge in [-0.05, 0) is 35.4 Å². The minimum absolute atomic E-state index is 0.682. The molecule has 4 aromatic rings. The molecule has 21 heavy (non-hydrogen) atoms. The number of hydrogen-bond acceptors (Lipinski definition) is 2. The molecule has 0 saturated carbocycles. The molecule has 0 radical (unpaired) electrons. The highest BCUT2D eigenvalue weighted by molar-refractivity contribution is 5.98. The van der Waals surface area contributed by atoms with E-state index in [1.165, 1.54) is 16.3 Å². The fourth-order valence-electron chi connectivity index (χ4n) is 2.80. The summed E-state index contributed by atoms with van der Waals surface area (Å²) in [5.41, 5.74) is 10.3. The number of benzene rings is 2. The summed E-state index contributed by atoms with van der Waals surface area (Å²) in [4.78, 5) is 4.73. The third-order valence-electron chi connectivity index (χ3n) is 3.86. The van der Waals surface area contributed by atoms with Crippen LogP contribution in [0.25, 0.3) is 27.7 Å². The Bertz CT molecular complexity index is 961. The quantitative estimate of drug-likeness (QED) is 0.568. The maximum absolute atomic E-state index is 6.31. The summed E-state index contributed by atoms with van der Waals surface area (Å²) < 4.78 is 1.93. The number of anilines is 1. The fraction of sp³-hybridized carbons (Fsp3) is 0.0556. The lowest BCUT2D eigenvalue weighted by atomic mass is 10.0. The Morgan fingerprint density at radius 2 is 1.81 bits per heavy atom. The molecule has 2 heterocycles. The van der Waals surface area contributed by atoms with Crippen LogP contribution in [0.4, 0.5) is 5.82 Å². The van der Waals surface area contributed by atoms with E-state index in [0.717, 1.165) is 16.9 Å². The van der Waals surface area contributed by atoms with E-state index in [9.17, 15) is 0 Å². The summed E-state index contributed by atoms with van der Waals surface area (Å²) in [6.45, 7) is 2.06. The number of nitrogen functional groups attached to an aromatic ring is 1. The third kappa shape index (κ3) is 1.78. The van der Waals surface area contributed by atoms with Gasteiger partial charge in [0.25, 0.3) is 0 Å². The van der Waals surface area contributed by atoms with Gasteiger partial charge in [0.15, 0.2) is 0 Å². The molecule has 0 amide bonds. The second-order valence-electron chi connectivity index (χ2n) is 5.30. The molecule has 0 unspecified atom stereocenters. The van der Waals surface area contributed by atoms with Crippen LogP contribution >= 0.6 is 0 Å². The summed E-state index contributed by atoms with van der Waals surface area (Å²) in [6.07, 6.45) is 1.97. The smallest absolute Gasteiger partial charge is 0.139 e. The van der Waals surface area contributed by atoms with Gasteiger partial charge >= 0.3 is 0 Å². The van der Waals surface area contributed by atoms with Crippen molar-refractivity contribution in [1.29, 1.82) is 0 Å². The lowest BCUT2D eigenvalue weighted by Crippen LogP contribution is -1.94. The molecule has 3 nitrogen and oxygen atoms in total. The molecule has 102 valence electrons. The van der Waals surface area contributed by atoms with Crippen LogP contribution in [0.1, 0.15) is 5.56 Å². The number of hydrogen-bond donors (Lipinski definition) is 1. The fourth-order valence-corrected chi connectivity index (χ4v) is 2.80. The average molecular weight is 273 g/mol. The monoisotopic (exact) mass is 273 g/mol. The van der Waals surface area contributed by atoms with Crippen molar-refractivity contribution in [3.8, 4) is 11.3 Å². The highest BCUT2D eigenvalue weighted by Crippen LogP contribution is 2.32. The van der Waals surface area contributed by atoms with E-state index in [0.29, 0.717) is 5.82 Å². The molecule has 2 N–H and O–H groups in total. The minimum Gasteiger partial charge on any atom is -0.383 e. The summed E-state index contributed by atoms with van der Waals surface area (Å²) in [7, 11) is 0. The molecule has 4 rings (SSSR count). The Kier molecular flexibility index (Phi) is 2.48. The van der Waals surface area contributed by atoms with Crippen LogP contribution in [0.3, 0.4) is 0 Å². The number of nitrogens with two attached hydrogens (primary N) is 1. The van der Waals surface area contributed by atoms with Crippen LogP contribution in [-0.4, -0.2) is 9.38 Å². The Balaban J connectivity index is 2.07. The molecule has 0 bridgehead atoms. The number of pyridine rings is 1. The number of nitrogens with zero attached hydrogens (tertiary/aromatic N) is 2. The van der Waals surface area contributed by atoms with E-state index in [1.54, 1.807) is 0 Å². The van der Waals surface area contributed by atoms with Crippen LogP contribution in [0.5, 0.6) is 0 Å². The first-order chi connectivity index (χ1) is 10.2. The van der Waals surface area contributed by atoms with Crippen molar-refractivity contribution in [1.82, 2.24) is 9.38 Å². The minimum atomic E-state index is 0.682. The van der Waals surface area contributed by atoms with E-state index in [4.69, 9.17) is 10.7 Å². The van der Waals surface area contributed by atoms with Crippen LogP contribution in [0.2, 0.25) is 0 Å². The Hall–Kier alpha value is -2.81. The van der Waals surface area contributed by atoms with Gasteiger partial charge in [-0.3, -0.25) is 4.40 Å². The van der Waals surface area contributed by atoms with E-state index in [2.05, 4.69) is 31.2 Å². The van der Waals surface area contributed by atoms with Gasteiger partial charge in [-0.1, -0.05) is 42.5 Å². The number of fused-ring (bicyclic) bond motifs is 2. The highest BCUT2D eigenvalue weighted by atomic mass is 15.1. The zero-order valence-electron chi connectivity index (χ0n) is 11.7. The number of imidazole rings is 1. The van der Waals surface area contributed by atoms with E-state index in [1.807, 2.05) is 40.9 Å². The molecule has 0 aliphatic carbocycles. The first-order valence-electron chi connectivity index (χ1n) is 6.96. The molecular formula is C18H15N3. The van der Waals surface area contributed by atoms with Gasteiger partial charge in [0.1, 0.15) is 17.2 Å². The van der Waals surface area contributed by atoms with E-state index < -0.39 is 0 Å². The summed E-state index contributed by atoms with van der Waals surface area (Å²) in [5.74, 6) is 0.682. The van der Waals surface area contributed by atoms with Gasteiger partial charge in [0, 0.05) is 11.8 Å². The van der Waals surface area contributed by atoms with E-state index in [-0.39, 0.29) is 0 Å². The van der Waals surface area contributed by atoms with Crippen LogP contribution < -0.4 is 5.73 Å². The standard InChI is InChI=1S/C18H15N3/c1-12-9-10-21-16(11-12)20-17(18(21)19)15-8-4-6-13-5-2-3-7-14(13)15/h2-11H,19H2,1H3. The predicted octanol–water partition coefficient (Wildman–Crippen LogP) is 4.05. The summed E-state index contributed by atoms with van der Waals surface area (Å²) in [5, 5.41) is 2.37. The number of aromatic nitrogens is 2. The molecule has 0 atom stereocenters. The predicted molar refractivity (Wildman–Crippen MR) is 87.3 cm³/mol. The van der Waals surface area contributed by atoms with Crippen molar-refractivity contribution in [2.75, 3.05) is 5.73 Å². The van der Waals surface area contributed by atoms with Crippen molar-refractivity contribution in [3.63, 3.8) is 0 Å². The van der Waals surface area contributed by atoms with Crippen molar-refractivity contribution >= 4 is 22.2 Å². The van der Waals surface area contributed by atoms with Gasteiger partial charge in [0.2, 0.25) is 0 Å². The molecule has 2 aromatic heterocycles. The topological polar surface area (TPSA) is 43.3 Å². The van der Waals surface area contributed by atoms with Crippen LogP contribution in [-0.2, 0) is 0 Å². The third-order valence-corrected chi connectivity index (χ3v) is 3.86. The molecule has 2 aromatic carbocycles. The van der Waals surface area contributed by atoms with Crippen molar-refractivity contribution < 1.29 is 0 Å². The van der Waals surface area contributed by atoms with Gasteiger partial charge in [-0.2, -0.15) is 0 Å². The molecule has 0 spiro atoms. The Morgan fingerprint density at radius 3 is 2.71 bits per heavy atom. The average Bonchev–Trinajstić information content (AvgIpc) is 2.83. The SMILES string of the molecule is Cc1ccn2c(N)c(-c3cccc4ccccc34)nc2c1. The second kappa shape index (κ2) is 4.35. The van der Waals surface area contributed by atoms with Gasteiger partial charge in [0.05, 0.1) is 0 Å². The largest absolute Gasteiger partial charge is 0.383 e. The second-order valence-corrected chi connectivity index (χ2v) is 5.30. The molecule has 0 aliphatic heterocycles. The molecule has 0 saturated heterocycles. The molecule has 0 aliphatic rings. The maximum Gasteiger partial charge on any atom is 0.139 e. The molecule has 3 heteroatoms. The van der Waals surface area contributed by atoms with Crippen molar-refractivity contribution in [2.45, 2.75) is 6.92 Å². The Morgan fingerprint density at radius 1 is 1.00 bits per heavy atom. The molecular weight excluding hydrogens is 258 g/mol. The van der Waals surface area contributed by atoms with Crippen molar-refractivity contribution in [2.24, 2.45) is 0 Å². The van der Waals surface area contributed by atoms with Crippen LogP contribution in [0.15, 0.2) is 60.8 Å². The zero-order valence-corrected chi connectivity index (χ0v) is 11.7. The zero-order chi connectivity index (χ0) is 14.4. The van der Waals surface area contributed by atoms with Gasteiger partial charge < -0.3 is 5.73 Å². The number of aryl methyl sites for hydroxylation is 1. The first-order valence-corrected chi connectivity index (χ1v) is 6.96. The van der Waals surface area contributed by atoms with Crippen molar-refractivity contribution in [3.05, 3.63) is 66.4 Å². The number of rotatable bonds is 1. The maximum atomic E-state index is 6.31. The highest BCUT2D eigenvalue weighted by Gasteiger charge is 2.13. The lowest BCUT2D eigenvalue weighted by molar-refractivity contribution is 1.18. The van der Waals surface area contributed by atoms with Gasteiger partial charge in [-0.15, -0.1) is 0 Å². The lowest BCUT2D eigenvalue weighted by Gasteiger charge is -2.04. The first kappa shape index (κ1) is 12.0.